The van der Waals surface area contributed by atoms with E-state index < -0.39 is 10.6 Å². The number of carbonyl (C=O) groups excluding carboxylic acids is 1. The predicted octanol–water partition coefficient (Wildman–Crippen LogP) is 7.57. The third-order valence-corrected chi connectivity index (χ3v) is 9.81. The van der Waals surface area contributed by atoms with Gasteiger partial charge in [0, 0.05) is 45.3 Å². The molecule has 0 bridgehead atoms. The quantitative estimate of drug-likeness (QED) is 0.260. The number of rotatable bonds is 4. The van der Waals surface area contributed by atoms with Gasteiger partial charge in [0.05, 0.1) is 22.8 Å². The Bertz CT molecular complexity index is 1520. The zero-order valence-electron chi connectivity index (χ0n) is 21.0. The highest BCUT2D eigenvalue weighted by Gasteiger charge is 2.39. The Balaban J connectivity index is 1.51. The van der Waals surface area contributed by atoms with Crippen LogP contribution in [0, 0.1) is 13.8 Å². The van der Waals surface area contributed by atoms with Crippen molar-refractivity contribution < 1.29 is 18.4 Å². The maximum atomic E-state index is 13.2. The highest BCUT2D eigenvalue weighted by Crippen LogP contribution is 2.49. The SMILES string of the molecule is Cc1noc(C)c1-c1ccc2c(c1)nc([C@@H]1CCC(=O)N1c1cc(Cl)cc(Cl)c1)n2C1CCS(O)(O)CC1. The summed E-state index contributed by atoms with van der Waals surface area (Å²) in [4.78, 5) is 20.1. The maximum absolute atomic E-state index is 13.2. The summed E-state index contributed by atoms with van der Waals surface area (Å²) in [6.45, 7) is 3.81. The smallest absolute Gasteiger partial charge is 0.227 e. The number of hydrogen-bond donors (Lipinski definition) is 2. The number of aryl methyl sites for hydroxylation is 2. The van der Waals surface area contributed by atoms with Crippen LogP contribution in [0.2, 0.25) is 10.0 Å². The number of carbonyl (C=O) groups is 1. The first kappa shape index (κ1) is 25.7. The lowest BCUT2D eigenvalue weighted by molar-refractivity contribution is -0.117. The first-order chi connectivity index (χ1) is 18.1. The molecule has 11 heteroatoms. The Hall–Kier alpha value is -2.56. The molecule has 4 heterocycles. The molecule has 2 aliphatic heterocycles. The summed E-state index contributed by atoms with van der Waals surface area (Å²) in [7, 11) is -2.55. The van der Waals surface area contributed by atoms with Gasteiger partial charge >= 0.3 is 0 Å². The lowest BCUT2D eigenvalue weighted by atomic mass is 10.0. The number of imidazole rings is 1. The second kappa shape index (κ2) is 9.57. The van der Waals surface area contributed by atoms with Gasteiger partial charge in [-0.3, -0.25) is 13.9 Å². The summed E-state index contributed by atoms with van der Waals surface area (Å²) in [6, 6.07) is 11.0. The molecule has 2 fully saturated rings. The van der Waals surface area contributed by atoms with Gasteiger partial charge in [0.15, 0.2) is 0 Å². The zero-order valence-corrected chi connectivity index (χ0v) is 23.4. The van der Waals surface area contributed by atoms with Crippen molar-refractivity contribution in [3.8, 4) is 11.1 Å². The highest BCUT2D eigenvalue weighted by atomic mass is 35.5. The minimum Gasteiger partial charge on any atom is -0.361 e. The van der Waals surface area contributed by atoms with Crippen molar-refractivity contribution in [3.05, 3.63) is 63.7 Å². The molecule has 2 aliphatic rings. The Kier molecular flexibility index (Phi) is 6.47. The van der Waals surface area contributed by atoms with E-state index in [0.717, 1.165) is 39.4 Å². The Morgan fingerprint density at radius 2 is 1.74 bits per heavy atom. The minimum atomic E-state index is -2.55. The number of anilines is 1. The molecule has 2 saturated heterocycles. The van der Waals surface area contributed by atoms with Crippen LogP contribution >= 0.6 is 33.8 Å². The van der Waals surface area contributed by atoms with Crippen LogP contribution in [-0.2, 0) is 4.79 Å². The lowest BCUT2D eigenvalue weighted by Gasteiger charge is -2.40. The second-order valence-electron chi connectivity index (χ2n) is 10.1. The van der Waals surface area contributed by atoms with Crippen LogP contribution in [0.5, 0.6) is 0 Å². The van der Waals surface area contributed by atoms with E-state index in [0.29, 0.717) is 52.9 Å². The molecular formula is C27H28Cl2N4O4S. The van der Waals surface area contributed by atoms with Crippen LogP contribution in [0.3, 0.4) is 0 Å². The first-order valence-electron chi connectivity index (χ1n) is 12.6. The number of hydrogen-bond acceptors (Lipinski definition) is 6. The van der Waals surface area contributed by atoms with Crippen molar-refractivity contribution in [2.45, 2.75) is 51.6 Å². The largest absolute Gasteiger partial charge is 0.361 e. The van der Waals surface area contributed by atoms with Gasteiger partial charge < -0.3 is 14.0 Å². The van der Waals surface area contributed by atoms with Gasteiger partial charge in [-0.2, -0.15) is 10.6 Å². The van der Waals surface area contributed by atoms with E-state index in [1.807, 2.05) is 26.0 Å². The molecular weight excluding hydrogens is 547 g/mol. The van der Waals surface area contributed by atoms with Gasteiger partial charge in [-0.05, 0) is 69.0 Å². The summed E-state index contributed by atoms with van der Waals surface area (Å²) in [5, 5.41) is 5.02. The predicted molar refractivity (Wildman–Crippen MR) is 151 cm³/mol. The molecule has 1 amide bonds. The van der Waals surface area contributed by atoms with E-state index in [4.69, 9.17) is 32.7 Å². The van der Waals surface area contributed by atoms with Crippen molar-refractivity contribution in [2.24, 2.45) is 0 Å². The average molecular weight is 576 g/mol. The summed E-state index contributed by atoms with van der Waals surface area (Å²) >= 11 is 12.6. The maximum Gasteiger partial charge on any atom is 0.227 e. The standard InChI is InChI=1S/C27H28Cl2N4O4S/c1-15-26(16(2)37-31-15)17-3-4-23-22(11-17)30-27(33(23)20-7-9-38(35,36)10-8-20)24-5-6-25(34)32(24)21-13-18(28)12-19(29)14-21/h3-4,11-14,20,24,35-36H,5-10H2,1-2H3/t24-/m0/s1. The van der Waals surface area contributed by atoms with E-state index in [1.165, 1.54) is 0 Å². The number of halogens is 2. The van der Waals surface area contributed by atoms with Crippen LogP contribution in [0.15, 0.2) is 40.9 Å². The first-order valence-corrected chi connectivity index (χ1v) is 15.2. The van der Waals surface area contributed by atoms with Crippen molar-refractivity contribution in [1.29, 1.82) is 0 Å². The monoisotopic (exact) mass is 574 g/mol. The summed E-state index contributed by atoms with van der Waals surface area (Å²) in [6.07, 6.45) is 2.23. The lowest BCUT2D eigenvalue weighted by Crippen LogP contribution is -2.31. The molecule has 0 aliphatic carbocycles. The summed E-state index contributed by atoms with van der Waals surface area (Å²) in [5.74, 6) is 2.21. The molecule has 0 radical (unpaired) electrons. The Morgan fingerprint density at radius 1 is 1.03 bits per heavy atom. The molecule has 6 rings (SSSR count). The fourth-order valence-corrected chi connectivity index (χ4v) is 7.89. The van der Waals surface area contributed by atoms with Gasteiger partial charge in [0.1, 0.15) is 11.6 Å². The summed E-state index contributed by atoms with van der Waals surface area (Å²) < 4.78 is 28.2. The van der Waals surface area contributed by atoms with Crippen molar-refractivity contribution in [2.75, 3.05) is 16.4 Å². The highest BCUT2D eigenvalue weighted by molar-refractivity contribution is 8.24. The minimum absolute atomic E-state index is 0.0128. The van der Waals surface area contributed by atoms with E-state index in [9.17, 15) is 13.9 Å². The molecule has 2 aromatic heterocycles. The van der Waals surface area contributed by atoms with Crippen molar-refractivity contribution in [1.82, 2.24) is 14.7 Å². The van der Waals surface area contributed by atoms with Gasteiger partial charge in [-0.1, -0.05) is 34.4 Å². The van der Waals surface area contributed by atoms with E-state index >= 15 is 0 Å². The molecule has 200 valence electrons. The van der Waals surface area contributed by atoms with Gasteiger partial charge in [-0.25, -0.2) is 4.98 Å². The normalized spacial score (nSPS) is 20.9. The fraction of sp³-hybridized carbons (Fsp3) is 0.370. The number of aromatic nitrogens is 3. The zero-order chi connectivity index (χ0) is 26.8. The van der Waals surface area contributed by atoms with E-state index in [-0.39, 0.29) is 18.0 Å². The van der Waals surface area contributed by atoms with Gasteiger partial charge in [-0.15, -0.1) is 0 Å². The third-order valence-electron chi connectivity index (χ3n) is 7.60. The molecule has 2 N–H and O–H groups in total. The van der Waals surface area contributed by atoms with Crippen LogP contribution in [0.1, 0.15) is 55.0 Å². The van der Waals surface area contributed by atoms with Gasteiger partial charge in [0.2, 0.25) is 5.91 Å². The molecule has 2 aromatic carbocycles. The summed E-state index contributed by atoms with van der Waals surface area (Å²) in [5.41, 5.74) is 5.11. The average Bonchev–Trinajstić information content (AvgIpc) is 3.52. The van der Waals surface area contributed by atoms with Crippen LogP contribution < -0.4 is 4.90 Å². The molecule has 0 spiro atoms. The van der Waals surface area contributed by atoms with Gasteiger partial charge in [0.25, 0.3) is 0 Å². The van der Waals surface area contributed by atoms with E-state index in [1.54, 1.807) is 23.1 Å². The molecule has 0 unspecified atom stereocenters. The second-order valence-corrected chi connectivity index (χ2v) is 13.4. The molecule has 38 heavy (non-hydrogen) atoms. The van der Waals surface area contributed by atoms with Crippen LogP contribution in [0.25, 0.3) is 22.2 Å². The molecule has 4 aromatic rings. The Labute approximate surface area is 231 Å². The number of benzene rings is 2. The van der Waals surface area contributed by atoms with Crippen molar-refractivity contribution >= 4 is 56.4 Å². The number of amides is 1. The third kappa shape index (κ3) is 4.50. The number of fused-ring (bicyclic) bond motifs is 1. The Morgan fingerprint density at radius 3 is 2.39 bits per heavy atom. The fourth-order valence-electron chi connectivity index (χ4n) is 5.87. The molecule has 8 nitrogen and oxygen atoms in total. The van der Waals surface area contributed by atoms with Crippen molar-refractivity contribution in [3.63, 3.8) is 0 Å². The topological polar surface area (TPSA) is 105 Å². The van der Waals surface area contributed by atoms with Crippen LogP contribution in [-0.4, -0.2) is 41.2 Å². The number of nitrogens with zero attached hydrogens (tertiary/aromatic N) is 4. The van der Waals surface area contributed by atoms with Crippen LogP contribution in [0.4, 0.5) is 5.69 Å². The van der Waals surface area contributed by atoms with E-state index in [2.05, 4.69) is 15.8 Å². The molecule has 1 atom stereocenters. The molecule has 0 saturated carbocycles.